The molecule has 2 unspecified atom stereocenters. The van der Waals surface area contributed by atoms with Gasteiger partial charge in [-0.15, -0.1) is 11.6 Å². The van der Waals surface area contributed by atoms with Crippen LogP contribution in [0.15, 0.2) is 29.5 Å². The van der Waals surface area contributed by atoms with E-state index < -0.39 is 4.92 Å². The van der Waals surface area contributed by atoms with Crippen molar-refractivity contribution >= 4 is 40.4 Å². The van der Waals surface area contributed by atoms with Crippen LogP contribution in [0.25, 0.3) is 0 Å². The van der Waals surface area contributed by atoms with Crippen LogP contribution < -0.4 is 10.2 Å². The quantitative estimate of drug-likeness (QED) is 0.484. The average molecular weight is 390 g/mol. The van der Waals surface area contributed by atoms with Gasteiger partial charge in [0.05, 0.1) is 22.3 Å². The number of ketones is 1. The number of nitrogens with one attached hydrogen (secondary N) is 1. The molecular weight excluding hydrogens is 370 g/mol. The van der Waals surface area contributed by atoms with Crippen LogP contribution in [0.5, 0.6) is 0 Å². The maximum atomic E-state index is 12.9. The molecule has 1 aromatic rings. The number of fused-ring (bicyclic) bond motifs is 1. The third-order valence-corrected chi connectivity index (χ3v) is 5.70. The van der Waals surface area contributed by atoms with Crippen molar-refractivity contribution in [2.75, 3.05) is 16.1 Å². The molecule has 1 heterocycles. The molecule has 8 heteroatoms. The van der Waals surface area contributed by atoms with E-state index in [9.17, 15) is 19.7 Å². The highest BCUT2D eigenvalue weighted by Gasteiger charge is 2.46. The fourth-order valence-electron chi connectivity index (χ4n) is 4.19. The summed E-state index contributed by atoms with van der Waals surface area (Å²) in [5.41, 5.74) is 2.37. The Morgan fingerprint density at radius 1 is 1.37 bits per heavy atom. The number of alkyl halides is 1. The molecule has 0 radical (unpaired) electrons. The van der Waals surface area contributed by atoms with Gasteiger partial charge in [-0.1, -0.05) is 6.92 Å². The zero-order valence-electron chi connectivity index (χ0n) is 14.9. The monoisotopic (exact) mass is 389 g/mol. The van der Waals surface area contributed by atoms with Gasteiger partial charge in [0, 0.05) is 29.8 Å². The Hall–Kier alpha value is -2.41. The number of halogens is 1. The molecule has 1 amide bonds. The van der Waals surface area contributed by atoms with Crippen molar-refractivity contribution < 1.29 is 14.5 Å². The Bertz CT molecular complexity index is 878. The van der Waals surface area contributed by atoms with Gasteiger partial charge in [0.25, 0.3) is 5.69 Å². The van der Waals surface area contributed by atoms with E-state index in [0.29, 0.717) is 29.8 Å². The van der Waals surface area contributed by atoms with E-state index in [-0.39, 0.29) is 41.1 Å². The standard InChI is InChI=1S/C19H20ClN3O4/c1-10-6-14-18(16(24)7-10)19(11-2-3-11)22(17(25)9-20)15-5-4-12(23(26)27)8-13(15)21-14/h4-5,8,10-11,19,21H,2-3,6-7,9H2,1H3. The van der Waals surface area contributed by atoms with E-state index in [1.807, 2.05) is 6.92 Å². The molecular formula is C19H20ClN3O4. The number of nitrogens with zero attached hydrogens (tertiary/aromatic N) is 2. The van der Waals surface area contributed by atoms with E-state index in [1.165, 1.54) is 12.1 Å². The lowest BCUT2D eigenvalue weighted by atomic mass is 9.82. The van der Waals surface area contributed by atoms with Gasteiger partial charge in [0.15, 0.2) is 5.78 Å². The van der Waals surface area contributed by atoms with Gasteiger partial charge in [-0.25, -0.2) is 0 Å². The molecule has 1 saturated carbocycles. The summed E-state index contributed by atoms with van der Waals surface area (Å²) in [6.45, 7) is 2.01. The Kier molecular flexibility index (Phi) is 4.42. The number of allylic oxidation sites excluding steroid dienone is 1. The van der Waals surface area contributed by atoms with E-state index in [2.05, 4.69) is 5.32 Å². The molecule has 7 nitrogen and oxygen atoms in total. The normalized spacial score (nSPS) is 24.7. The summed E-state index contributed by atoms with van der Waals surface area (Å²) in [4.78, 5) is 38.1. The number of non-ortho nitro benzene ring substituents is 1. The molecule has 1 aliphatic heterocycles. The van der Waals surface area contributed by atoms with Crippen LogP contribution >= 0.6 is 11.6 Å². The van der Waals surface area contributed by atoms with Crippen LogP contribution in [-0.4, -0.2) is 28.5 Å². The first-order valence-electron chi connectivity index (χ1n) is 9.10. The summed E-state index contributed by atoms with van der Waals surface area (Å²) < 4.78 is 0. The number of carbonyl (C=O) groups is 2. The van der Waals surface area contributed by atoms with Crippen LogP contribution in [0.3, 0.4) is 0 Å². The largest absolute Gasteiger partial charge is 0.357 e. The molecule has 0 spiro atoms. The summed E-state index contributed by atoms with van der Waals surface area (Å²) in [5.74, 6) is -0.0793. The van der Waals surface area contributed by atoms with E-state index in [4.69, 9.17) is 11.6 Å². The van der Waals surface area contributed by atoms with Gasteiger partial charge in [0.2, 0.25) is 5.91 Å². The minimum absolute atomic E-state index is 0.0443. The SMILES string of the molecule is CC1CC(=O)C2=C(C1)Nc1cc([N+](=O)[O-])ccc1N(C(=O)CCl)C2C1CC1. The zero-order valence-corrected chi connectivity index (χ0v) is 15.7. The molecule has 1 fully saturated rings. The van der Waals surface area contributed by atoms with Gasteiger partial charge in [0.1, 0.15) is 5.88 Å². The molecule has 142 valence electrons. The second kappa shape index (κ2) is 6.64. The fourth-order valence-corrected chi connectivity index (χ4v) is 4.32. The Labute approximate surface area is 161 Å². The van der Waals surface area contributed by atoms with Crippen molar-refractivity contribution in [1.29, 1.82) is 0 Å². The Morgan fingerprint density at radius 2 is 2.11 bits per heavy atom. The first kappa shape index (κ1) is 18.0. The smallest absolute Gasteiger partial charge is 0.271 e. The highest BCUT2D eigenvalue weighted by atomic mass is 35.5. The summed E-state index contributed by atoms with van der Waals surface area (Å²) in [6.07, 6.45) is 3.01. The number of anilines is 2. The number of rotatable bonds is 3. The first-order chi connectivity index (χ1) is 12.9. The maximum absolute atomic E-state index is 12.9. The highest BCUT2D eigenvalue weighted by molar-refractivity contribution is 6.30. The minimum atomic E-state index is -0.469. The van der Waals surface area contributed by atoms with E-state index in [1.54, 1.807) is 11.0 Å². The molecule has 1 N–H and O–H groups in total. The van der Waals surface area contributed by atoms with Crippen molar-refractivity contribution in [3.05, 3.63) is 39.6 Å². The number of hydrogen-bond acceptors (Lipinski definition) is 5. The third kappa shape index (κ3) is 3.10. The highest BCUT2D eigenvalue weighted by Crippen LogP contribution is 2.48. The van der Waals surface area contributed by atoms with Crippen molar-refractivity contribution in [2.45, 2.75) is 38.6 Å². The second-order valence-corrected chi connectivity index (χ2v) is 7.86. The van der Waals surface area contributed by atoms with Crippen LogP contribution in [0.4, 0.5) is 17.1 Å². The van der Waals surface area contributed by atoms with E-state index >= 15 is 0 Å². The predicted octanol–water partition coefficient (Wildman–Crippen LogP) is 3.62. The van der Waals surface area contributed by atoms with Gasteiger partial charge in [-0.2, -0.15) is 0 Å². The number of nitro benzene ring substituents is 1. The predicted molar refractivity (Wildman–Crippen MR) is 102 cm³/mol. The lowest BCUT2D eigenvalue weighted by molar-refractivity contribution is -0.384. The molecule has 2 atom stereocenters. The molecule has 2 aliphatic carbocycles. The molecule has 0 bridgehead atoms. The third-order valence-electron chi connectivity index (χ3n) is 5.47. The van der Waals surface area contributed by atoms with Crippen LogP contribution in [0, 0.1) is 22.0 Å². The Morgan fingerprint density at radius 3 is 2.74 bits per heavy atom. The molecule has 4 rings (SSSR count). The Balaban J connectivity index is 1.93. The first-order valence-corrected chi connectivity index (χ1v) is 9.64. The molecule has 27 heavy (non-hydrogen) atoms. The molecule has 1 aromatic carbocycles. The minimum Gasteiger partial charge on any atom is -0.357 e. The summed E-state index contributed by atoms with van der Waals surface area (Å²) in [5, 5.41) is 14.5. The number of benzene rings is 1. The summed E-state index contributed by atoms with van der Waals surface area (Å²) in [7, 11) is 0. The number of hydrogen-bond donors (Lipinski definition) is 1. The van der Waals surface area contributed by atoms with Crippen molar-refractivity contribution in [2.24, 2.45) is 11.8 Å². The number of Topliss-reactive ketones (excluding diaryl/α,β-unsaturated/α-hetero) is 1. The van der Waals surface area contributed by atoms with E-state index in [0.717, 1.165) is 18.5 Å². The maximum Gasteiger partial charge on any atom is 0.271 e. The summed E-state index contributed by atoms with van der Waals surface area (Å²) >= 11 is 5.89. The van der Waals surface area contributed by atoms with Crippen molar-refractivity contribution in [1.82, 2.24) is 0 Å². The van der Waals surface area contributed by atoms with Crippen LogP contribution in [-0.2, 0) is 9.59 Å². The summed E-state index contributed by atoms with van der Waals surface area (Å²) in [6, 6.07) is 4.02. The average Bonchev–Trinajstić information content (AvgIpc) is 3.45. The lowest BCUT2D eigenvalue weighted by Gasteiger charge is -2.34. The van der Waals surface area contributed by atoms with Crippen LogP contribution in [0.1, 0.15) is 32.6 Å². The number of carbonyl (C=O) groups excluding carboxylic acids is 2. The molecule has 3 aliphatic rings. The molecule has 0 aromatic heterocycles. The lowest BCUT2D eigenvalue weighted by Crippen LogP contribution is -2.46. The van der Waals surface area contributed by atoms with Gasteiger partial charge < -0.3 is 10.2 Å². The number of nitro groups is 1. The number of amides is 1. The zero-order chi connectivity index (χ0) is 19.3. The van der Waals surface area contributed by atoms with Gasteiger partial charge in [-0.3, -0.25) is 19.7 Å². The fraction of sp³-hybridized carbons (Fsp3) is 0.474. The second-order valence-electron chi connectivity index (χ2n) is 7.59. The van der Waals surface area contributed by atoms with Crippen molar-refractivity contribution in [3.8, 4) is 0 Å². The topological polar surface area (TPSA) is 92.5 Å². The van der Waals surface area contributed by atoms with Crippen molar-refractivity contribution in [3.63, 3.8) is 0 Å². The molecule has 0 saturated heterocycles. The van der Waals surface area contributed by atoms with Gasteiger partial charge >= 0.3 is 0 Å². The van der Waals surface area contributed by atoms with Gasteiger partial charge in [-0.05, 0) is 37.2 Å². The van der Waals surface area contributed by atoms with Crippen LogP contribution in [0.2, 0.25) is 0 Å².